The second-order valence-electron chi connectivity index (χ2n) is 9.13. The Morgan fingerprint density at radius 1 is 1.07 bits per heavy atom. The maximum Gasteiger partial charge on any atom is 0.320 e. The number of nitrogens with zero attached hydrogens (tertiary/aromatic N) is 3. The number of rotatable bonds is 3. The molecule has 5 nitrogen and oxygen atoms in total. The summed E-state index contributed by atoms with van der Waals surface area (Å²) >= 11 is 1.95. The number of thiazole rings is 1. The highest BCUT2D eigenvalue weighted by molar-refractivity contribution is 7.11. The van der Waals surface area contributed by atoms with Gasteiger partial charge >= 0.3 is 6.03 Å². The highest BCUT2D eigenvalue weighted by Crippen LogP contribution is 2.37. The molecular formula is C23H33N3O2S. The zero-order valence-electron chi connectivity index (χ0n) is 17.4. The van der Waals surface area contributed by atoms with E-state index in [9.17, 15) is 4.79 Å². The van der Waals surface area contributed by atoms with E-state index in [0.717, 1.165) is 57.8 Å². The number of fused-ring (bicyclic) bond motifs is 1. The molecule has 2 amide bonds. The number of hydrogen-bond donors (Lipinski definition) is 0. The van der Waals surface area contributed by atoms with Crippen LogP contribution in [0.2, 0.25) is 0 Å². The monoisotopic (exact) mass is 415 g/mol. The fraction of sp³-hybridized carbons (Fsp3) is 0.739. The van der Waals surface area contributed by atoms with Crippen molar-refractivity contribution in [3.63, 3.8) is 0 Å². The Hall–Kier alpha value is -1.40. The Morgan fingerprint density at radius 2 is 1.83 bits per heavy atom. The Morgan fingerprint density at radius 3 is 2.55 bits per heavy atom. The van der Waals surface area contributed by atoms with Crippen LogP contribution < -0.4 is 0 Å². The Labute approximate surface area is 178 Å². The lowest BCUT2D eigenvalue weighted by molar-refractivity contribution is 0.0411. The fourth-order valence-corrected chi connectivity index (χ4v) is 6.32. The molecule has 0 unspecified atom stereocenters. The van der Waals surface area contributed by atoms with Gasteiger partial charge in [-0.1, -0.05) is 30.9 Å². The predicted molar refractivity (Wildman–Crippen MR) is 116 cm³/mol. The molecule has 0 aromatic carbocycles. The summed E-state index contributed by atoms with van der Waals surface area (Å²) in [7, 11) is 0. The minimum Gasteiger partial charge on any atom is -0.378 e. The van der Waals surface area contributed by atoms with E-state index in [2.05, 4.69) is 6.08 Å². The van der Waals surface area contributed by atoms with Crippen molar-refractivity contribution in [2.24, 2.45) is 5.92 Å². The molecule has 29 heavy (non-hydrogen) atoms. The van der Waals surface area contributed by atoms with Gasteiger partial charge in [0.1, 0.15) is 0 Å². The van der Waals surface area contributed by atoms with Gasteiger partial charge in [-0.3, -0.25) is 0 Å². The van der Waals surface area contributed by atoms with E-state index in [1.807, 2.05) is 21.1 Å². The van der Waals surface area contributed by atoms with E-state index in [0.29, 0.717) is 19.1 Å². The van der Waals surface area contributed by atoms with Crippen molar-refractivity contribution in [1.82, 2.24) is 14.8 Å². The van der Waals surface area contributed by atoms with E-state index >= 15 is 0 Å². The van der Waals surface area contributed by atoms with Crippen LogP contribution in [0.1, 0.15) is 66.4 Å². The van der Waals surface area contributed by atoms with Crippen molar-refractivity contribution in [1.29, 1.82) is 0 Å². The summed E-state index contributed by atoms with van der Waals surface area (Å²) in [6, 6.07) is 0.200. The van der Waals surface area contributed by atoms with Crippen molar-refractivity contribution in [3.05, 3.63) is 27.2 Å². The highest BCUT2D eigenvalue weighted by atomic mass is 32.1. The lowest BCUT2D eigenvalue weighted by Crippen LogP contribution is -2.50. The third-order valence-electron chi connectivity index (χ3n) is 7.23. The molecule has 0 spiro atoms. The number of amides is 2. The summed E-state index contributed by atoms with van der Waals surface area (Å²) in [5.74, 6) is 1.49. The van der Waals surface area contributed by atoms with Gasteiger partial charge in [-0.25, -0.2) is 9.78 Å². The van der Waals surface area contributed by atoms with Gasteiger partial charge in [0, 0.05) is 43.4 Å². The van der Waals surface area contributed by atoms with Crippen molar-refractivity contribution in [3.8, 4) is 0 Å². The summed E-state index contributed by atoms with van der Waals surface area (Å²) in [5.41, 5.74) is 3.04. The first kappa shape index (κ1) is 19.6. The molecule has 1 aromatic rings. The van der Waals surface area contributed by atoms with Gasteiger partial charge in [-0.05, 0) is 38.0 Å². The average Bonchev–Trinajstić information content (AvgIpc) is 3.06. The third-order valence-corrected chi connectivity index (χ3v) is 8.51. The molecule has 1 saturated carbocycles. The molecular weight excluding hydrogens is 382 g/mol. The van der Waals surface area contributed by atoms with E-state index in [4.69, 9.17) is 9.72 Å². The van der Waals surface area contributed by atoms with Crippen molar-refractivity contribution in [2.75, 3.05) is 39.4 Å². The van der Waals surface area contributed by atoms with Crippen LogP contribution in [0.3, 0.4) is 0 Å². The number of aryl methyl sites for hydroxylation is 1. The van der Waals surface area contributed by atoms with Gasteiger partial charge < -0.3 is 14.5 Å². The molecule has 3 fully saturated rings. The van der Waals surface area contributed by atoms with Gasteiger partial charge in [0.05, 0.1) is 23.9 Å². The minimum absolute atomic E-state index is 0.200. The van der Waals surface area contributed by atoms with Crippen molar-refractivity contribution in [2.45, 2.75) is 63.7 Å². The van der Waals surface area contributed by atoms with Gasteiger partial charge in [0.25, 0.3) is 0 Å². The largest absolute Gasteiger partial charge is 0.378 e. The Balaban J connectivity index is 1.16. The standard InChI is InChI=1S/C23H33N3O2S/c27-23(26-12-14-28-15-13-26)25-10-8-19(9-11-25)22-24-20-6-4-18(5-7-21(20)29-22)16-17-2-1-3-17/h5,17,19H,1-4,6-16H2. The van der Waals surface area contributed by atoms with E-state index in [1.54, 1.807) is 5.57 Å². The molecule has 1 aromatic heterocycles. The number of ether oxygens (including phenoxy) is 1. The Bertz CT molecular complexity index is 756. The second-order valence-corrected chi connectivity index (χ2v) is 10.2. The van der Waals surface area contributed by atoms with Crippen LogP contribution in [0.25, 0.3) is 0 Å². The third kappa shape index (κ3) is 4.38. The molecule has 6 heteroatoms. The van der Waals surface area contributed by atoms with Crippen LogP contribution in [-0.2, 0) is 17.6 Å². The van der Waals surface area contributed by atoms with Crippen LogP contribution >= 0.6 is 11.3 Å². The first-order valence-electron chi connectivity index (χ1n) is 11.5. The van der Waals surface area contributed by atoms with Crippen molar-refractivity contribution >= 4 is 17.4 Å². The highest BCUT2D eigenvalue weighted by Gasteiger charge is 2.30. The molecule has 4 aliphatic rings. The number of carbonyl (C=O) groups is 1. The zero-order chi connectivity index (χ0) is 19.6. The van der Waals surface area contributed by atoms with Crippen LogP contribution in [0, 0.1) is 5.92 Å². The number of carbonyl (C=O) groups excluding carboxylic acids is 1. The maximum absolute atomic E-state index is 12.7. The molecule has 2 aliphatic carbocycles. The fourth-order valence-electron chi connectivity index (χ4n) is 5.08. The number of urea groups is 1. The summed E-state index contributed by atoms with van der Waals surface area (Å²) < 4.78 is 5.37. The summed E-state index contributed by atoms with van der Waals surface area (Å²) in [5, 5.41) is 1.32. The van der Waals surface area contributed by atoms with Crippen LogP contribution in [-0.4, -0.2) is 60.2 Å². The van der Waals surface area contributed by atoms with E-state index in [-0.39, 0.29) is 6.03 Å². The first-order chi connectivity index (χ1) is 14.3. The Kier molecular flexibility index (Phi) is 5.91. The number of morpholine rings is 1. The normalized spacial score (nSPS) is 23.9. The van der Waals surface area contributed by atoms with Crippen LogP contribution in [0.15, 0.2) is 11.6 Å². The number of hydrogen-bond acceptors (Lipinski definition) is 4. The maximum atomic E-state index is 12.7. The molecule has 0 N–H and O–H groups in total. The quantitative estimate of drug-likeness (QED) is 0.688. The molecule has 158 valence electrons. The number of allylic oxidation sites excluding steroid dienone is 2. The number of likely N-dealkylation sites (tertiary alicyclic amines) is 1. The summed E-state index contributed by atoms with van der Waals surface area (Å²) in [6.07, 6.45) is 13.7. The molecule has 0 atom stereocenters. The molecule has 3 heterocycles. The smallest absolute Gasteiger partial charge is 0.320 e. The summed E-state index contributed by atoms with van der Waals surface area (Å²) in [4.78, 5) is 23.3. The zero-order valence-corrected chi connectivity index (χ0v) is 18.2. The lowest BCUT2D eigenvalue weighted by Gasteiger charge is -2.36. The average molecular weight is 416 g/mol. The van der Waals surface area contributed by atoms with Gasteiger partial charge in [-0.2, -0.15) is 0 Å². The second kappa shape index (κ2) is 8.76. The van der Waals surface area contributed by atoms with Crippen LogP contribution in [0.4, 0.5) is 4.79 Å². The first-order valence-corrected chi connectivity index (χ1v) is 12.4. The number of piperidine rings is 1. The van der Waals surface area contributed by atoms with Gasteiger partial charge in [-0.15, -0.1) is 11.3 Å². The number of aromatic nitrogens is 1. The van der Waals surface area contributed by atoms with Gasteiger partial charge in [0.15, 0.2) is 0 Å². The lowest BCUT2D eigenvalue weighted by atomic mass is 9.80. The molecule has 0 bridgehead atoms. The molecule has 2 aliphatic heterocycles. The molecule has 2 saturated heterocycles. The van der Waals surface area contributed by atoms with E-state index < -0.39 is 0 Å². The molecule has 5 rings (SSSR count). The SMILES string of the molecule is O=C(N1CCOCC1)N1CCC(c2nc3c(s2)CC=C(CC2CCC2)CC3)CC1. The van der Waals surface area contributed by atoms with Crippen molar-refractivity contribution < 1.29 is 9.53 Å². The van der Waals surface area contributed by atoms with Gasteiger partial charge in [0.2, 0.25) is 0 Å². The molecule has 0 radical (unpaired) electrons. The topological polar surface area (TPSA) is 45.7 Å². The summed E-state index contributed by atoms with van der Waals surface area (Å²) in [6.45, 7) is 4.52. The van der Waals surface area contributed by atoms with E-state index in [1.165, 1.54) is 47.7 Å². The predicted octanol–water partition coefficient (Wildman–Crippen LogP) is 4.38. The van der Waals surface area contributed by atoms with Crippen LogP contribution in [0.5, 0.6) is 0 Å². The minimum atomic E-state index is 0.200.